The summed E-state index contributed by atoms with van der Waals surface area (Å²) in [6.45, 7) is 4.75. The van der Waals surface area contributed by atoms with Gasteiger partial charge in [0.15, 0.2) is 0 Å². The van der Waals surface area contributed by atoms with Crippen molar-refractivity contribution in [3.8, 4) is 0 Å². The Hall–Kier alpha value is -1.24. The van der Waals surface area contributed by atoms with E-state index in [4.69, 9.17) is 4.74 Å². The molecule has 0 heterocycles. The Balaban J connectivity index is 4.32. The van der Waals surface area contributed by atoms with E-state index < -0.39 is 24.0 Å². The van der Waals surface area contributed by atoms with Crippen molar-refractivity contribution >= 4 is 30.4 Å². The third-order valence-corrected chi connectivity index (χ3v) is 2.25. The highest BCUT2D eigenvalue weighted by Crippen LogP contribution is 1.94. The number of ether oxygens (including phenoxy) is 1. The molecule has 0 aliphatic carbocycles. The minimum Gasteiger partial charge on any atom is -0.464 e. The molecular weight excluding hydrogens is 244 g/mol. The lowest BCUT2D eigenvalue weighted by atomic mass is 10.2. The standard InChI is InChI=1S/C10H18N2O4S/c1-4-16-10(15)8(5-17)12-9(14)6(2)11-7(3)13/h6,8,17H,4-5H2,1-3H3,(H,11,13)(H,12,14)/t6-,8-/m0/s1. The van der Waals surface area contributed by atoms with Crippen molar-refractivity contribution in [2.45, 2.75) is 32.9 Å². The lowest BCUT2D eigenvalue weighted by Gasteiger charge is -2.18. The summed E-state index contributed by atoms with van der Waals surface area (Å²) in [7, 11) is 0. The summed E-state index contributed by atoms with van der Waals surface area (Å²) >= 11 is 3.96. The van der Waals surface area contributed by atoms with E-state index in [1.54, 1.807) is 6.92 Å². The van der Waals surface area contributed by atoms with E-state index >= 15 is 0 Å². The molecule has 0 spiro atoms. The van der Waals surface area contributed by atoms with Gasteiger partial charge in [-0.05, 0) is 13.8 Å². The van der Waals surface area contributed by atoms with E-state index in [2.05, 4.69) is 23.3 Å². The monoisotopic (exact) mass is 262 g/mol. The molecule has 2 amide bonds. The van der Waals surface area contributed by atoms with Gasteiger partial charge in [0.2, 0.25) is 11.8 Å². The minimum absolute atomic E-state index is 0.136. The van der Waals surface area contributed by atoms with Crippen LogP contribution in [-0.2, 0) is 19.1 Å². The van der Waals surface area contributed by atoms with Crippen LogP contribution in [0.2, 0.25) is 0 Å². The molecule has 0 saturated heterocycles. The predicted octanol–water partition coefficient (Wildman–Crippen LogP) is -0.511. The second-order valence-electron chi connectivity index (χ2n) is 3.42. The van der Waals surface area contributed by atoms with Gasteiger partial charge in [0.05, 0.1) is 6.61 Å². The van der Waals surface area contributed by atoms with E-state index in [1.165, 1.54) is 13.8 Å². The molecule has 0 saturated carbocycles. The lowest BCUT2D eigenvalue weighted by Crippen LogP contribution is -2.51. The highest BCUT2D eigenvalue weighted by molar-refractivity contribution is 7.80. The Morgan fingerprint density at radius 2 is 1.88 bits per heavy atom. The third-order valence-electron chi connectivity index (χ3n) is 1.88. The molecule has 0 rings (SSSR count). The van der Waals surface area contributed by atoms with E-state index in [1.807, 2.05) is 0 Å². The van der Waals surface area contributed by atoms with E-state index in [0.29, 0.717) is 0 Å². The van der Waals surface area contributed by atoms with Crippen LogP contribution < -0.4 is 10.6 Å². The summed E-state index contributed by atoms with van der Waals surface area (Å²) in [5, 5.41) is 4.87. The normalized spacial score (nSPS) is 13.4. The fourth-order valence-electron chi connectivity index (χ4n) is 1.09. The number of rotatable bonds is 6. The van der Waals surface area contributed by atoms with Gasteiger partial charge in [-0.25, -0.2) is 4.79 Å². The fourth-order valence-corrected chi connectivity index (χ4v) is 1.33. The first-order valence-corrected chi connectivity index (χ1v) is 5.90. The first-order chi connectivity index (χ1) is 7.92. The van der Waals surface area contributed by atoms with Crippen LogP contribution >= 0.6 is 12.6 Å². The molecule has 0 aromatic heterocycles. The highest BCUT2D eigenvalue weighted by Gasteiger charge is 2.23. The molecule has 0 aromatic carbocycles. The minimum atomic E-state index is -0.804. The van der Waals surface area contributed by atoms with Crippen molar-refractivity contribution in [2.75, 3.05) is 12.4 Å². The smallest absolute Gasteiger partial charge is 0.329 e. The molecule has 2 N–H and O–H groups in total. The highest BCUT2D eigenvalue weighted by atomic mass is 32.1. The van der Waals surface area contributed by atoms with Crippen molar-refractivity contribution in [3.63, 3.8) is 0 Å². The van der Waals surface area contributed by atoms with Crippen molar-refractivity contribution in [2.24, 2.45) is 0 Å². The molecule has 6 nitrogen and oxygen atoms in total. The molecule has 98 valence electrons. The summed E-state index contributed by atoms with van der Waals surface area (Å²) in [5.41, 5.74) is 0. The van der Waals surface area contributed by atoms with Crippen LogP contribution in [0.5, 0.6) is 0 Å². The largest absolute Gasteiger partial charge is 0.464 e. The summed E-state index contributed by atoms with van der Waals surface area (Å²) in [4.78, 5) is 33.7. The molecule has 0 unspecified atom stereocenters. The first kappa shape index (κ1) is 15.8. The first-order valence-electron chi connectivity index (χ1n) is 5.27. The zero-order valence-corrected chi connectivity index (χ0v) is 11.0. The number of nitrogens with one attached hydrogen (secondary N) is 2. The summed E-state index contributed by atoms with van der Waals surface area (Å²) in [5.74, 6) is -1.17. The molecule has 0 aliphatic heterocycles. The van der Waals surface area contributed by atoms with Crippen LogP contribution in [0.4, 0.5) is 0 Å². The van der Waals surface area contributed by atoms with Crippen molar-refractivity contribution < 1.29 is 19.1 Å². The van der Waals surface area contributed by atoms with Gasteiger partial charge in [0, 0.05) is 12.7 Å². The van der Waals surface area contributed by atoms with Crippen LogP contribution in [-0.4, -0.2) is 42.2 Å². The number of carbonyl (C=O) groups is 3. The van der Waals surface area contributed by atoms with Crippen LogP contribution in [0.3, 0.4) is 0 Å². The Morgan fingerprint density at radius 1 is 1.29 bits per heavy atom. The average molecular weight is 262 g/mol. The lowest BCUT2D eigenvalue weighted by molar-refractivity contribution is -0.146. The zero-order valence-electron chi connectivity index (χ0n) is 10.1. The third kappa shape index (κ3) is 6.15. The van der Waals surface area contributed by atoms with Crippen molar-refractivity contribution in [1.82, 2.24) is 10.6 Å². The topological polar surface area (TPSA) is 84.5 Å². The SMILES string of the molecule is CCOC(=O)[C@H](CS)NC(=O)[C@H](C)NC(C)=O. The summed E-state index contributed by atoms with van der Waals surface area (Å²) in [6.07, 6.45) is 0. The summed E-state index contributed by atoms with van der Waals surface area (Å²) in [6, 6.07) is -1.51. The van der Waals surface area contributed by atoms with E-state index in [-0.39, 0.29) is 18.3 Å². The molecule has 7 heteroatoms. The van der Waals surface area contributed by atoms with Crippen LogP contribution in [0.1, 0.15) is 20.8 Å². The van der Waals surface area contributed by atoms with Gasteiger partial charge >= 0.3 is 5.97 Å². The Labute approximate surface area is 106 Å². The number of thiol groups is 1. The molecule has 0 bridgehead atoms. The number of hydrogen-bond donors (Lipinski definition) is 3. The molecule has 2 atom stereocenters. The van der Waals surface area contributed by atoms with E-state index in [0.717, 1.165) is 0 Å². The van der Waals surface area contributed by atoms with Crippen molar-refractivity contribution in [3.05, 3.63) is 0 Å². The molecule has 0 fully saturated rings. The second kappa shape index (κ2) is 7.94. The number of amides is 2. The van der Waals surface area contributed by atoms with Gasteiger partial charge in [-0.2, -0.15) is 12.6 Å². The van der Waals surface area contributed by atoms with Gasteiger partial charge in [-0.3, -0.25) is 9.59 Å². The number of hydrogen-bond acceptors (Lipinski definition) is 5. The van der Waals surface area contributed by atoms with Gasteiger partial charge in [-0.15, -0.1) is 0 Å². The van der Waals surface area contributed by atoms with E-state index in [9.17, 15) is 14.4 Å². The molecular formula is C10H18N2O4S. The van der Waals surface area contributed by atoms with Gasteiger partial charge < -0.3 is 15.4 Å². The quantitative estimate of drug-likeness (QED) is 0.444. The van der Waals surface area contributed by atoms with Gasteiger partial charge in [0.1, 0.15) is 12.1 Å². The maximum absolute atomic E-state index is 11.6. The summed E-state index contributed by atoms with van der Waals surface area (Å²) < 4.78 is 4.77. The number of carbonyl (C=O) groups excluding carboxylic acids is 3. The molecule has 17 heavy (non-hydrogen) atoms. The van der Waals surface area contributed by atoms with Crippen molar-refractivity contribution in [1.29, 1.82) is 0 Å². The predicted molar refractivity (Wildman–Crippen MR) is 65.7 cm³/mol. The van der Waals surface area contributed by atoms with Crippen LogP contribution in [0.15, 0.2) is 0 Å². The second-order valence-corrected chi connectivity index (χ2v) is 3.78. The average Bonchev–Trinajstić information content (AvgIpc) is 2.24. The fraction of sp³-hybridized carbons (Fsp3) is 0.700. The Morgan fingerprint density at radius 3 is 2.29 bits per heavy atom. The molecule has 0 aromatic rings. The van der Waals surface area contributed by atoms with Gasteiger partial charge in [-0.1, -0.05) is 0 Å². The van der Waals surface area contributed by atoms with Crippen LogP contribution in [0.25, 0.3) is 0 Å². The number of esters is 1. The van der Waals surface area contributed by atoms with Gasteiger partial charge in [0.25, 0.3) is 0 Å². The van der Waals surface area contributed by atoms with Crippen LogP contribution in [0, 0.1) is 0 Å². The maximum Gasteiger partial charge on any atom is 0.329 e. The maximum atomic E-state index is 11.6. The zero-order chi connectivity index (χ0) is 13.4. The molecule has 0 radical (unpaired) electrons. The Bertz CT molecular complexity index is 296. The Kier molecular flexibility index (Phi) is 7.36. The molecule has 0 aliphatic rings.